The monoisotopic (exact) mass is 232 g/mol. The van der Waals surface area contributed by atoms with Crippen LogP contribution in [0.15, 0.2) is 0 Å². The van der Waals surface area contributed by atoms with Gasteiger partial charge in [-0.2, -0.15) is 0 Å². The van der Waals surface area contributed by atoms with Crippen molar-refractivity contribution in [2.24, 2.45) is 16.7 Å². The summed E-state index contributed by atoms with van der Waals surface area (Å²) in [5.41, 5.74) is 0.0296. The van der Waals surface area contributed by atoms with Gasteiger partial charge in [0.25, 0.3) is 0 Å². The van der Waals surface area contributed by atoms with E-state index in [1.54, 1.807) is 0 Å². The molecule has 0 aromatic carbocycles. The molecular weight excluding hydrogens is 212 g/mol. The molecule has 88 valence electrons. The first kappa shape index (κ1) is 11.6. The molecule has 0 aromatic heterocycles. The number of rotatable bonds is 3. The molecule has 4 heteroatoms. The maximum absolute atomic E-state index is 10.8. The van der Waals surface area contributed by atoms with Crippen LogP contribution in [0, 0.1) is 16.7 Å². The second-order valence-electron chi connectivity index (χ2n) is 5.64. The minimum absolute atomic E-state index is 0.101. The van der Waals surface area contributed by atoms with E-state index in [9.17, 15) is 9.32 Å². The van der Waals surface area contributed by atoms with Gasteiger partial charge in [-0.25, -0.2) is 4.21 Å². The van der Waals surface area contributed by atoms with Gasteiger partial charge in [-0.1, -0.05) is 13.8 Å². The molecule has 2 fully saturated rings. The van der Waals surface area contributed by atoms with Crippen LogP contribution >= 0.6 is 0 Å². The van der Waals surface area contributed by atoms with Gasteiger partial charge in [0, 0.05) is 11.2 Å². The molecule has 15 heavy (non-hydrogen) atoms. The second kappa shape index (κ2) is 3.54. The Morgan fingerprint density at radius 3 is 2.53 bits per heavy atom. The number of aliphatic hydroxyl groups excluding tert-OH is 1. The summed E-state index contributed by atoms with van der Waals surface area (Å²) in [5, 5.41) is 10.1. The normalized spacial score (nSPS) is 44.5. The van der Waals surface area contributed by atoms with E-state index >= 15 is 0 Å². The van der Waals surface area contributed by atoms with Crippen LogP contribution < -0.4 is 0 Å². The van der Waals surface area contributed by atoms with Gasteiger partial charge in [-0.05, 0) is 37.0 Å². The molecule has 0 heterocycles. The summed E-state index contributed by atoms with van der Waals surface area (Å²) in [6, 6.07) is 0. The van der Waals surface area contributed by atoms with Crippen molar-refractivity contribution in [3.63, 3.8) is 0 Å². The molecule has 3 nitrogen and oxygen atoms in total. The summed E-state index contributed by atoms with van der Waals surface area (Å²) in [5.74, 6) is 0.896. The van der Waals surface area contributed by atoms with Crippen LogP contribution in [0.1, 0.15) is 39.5 Å². The van der Waals surface area contributed by atoms with Gasteiger partial charge in [0.1, 0.15) is 0 Å². The Balaban J connectivity index is 2.20. The van der Waals surface area contributed by atoms with E-state index in [0.717, 1.165) is 12.8 Å². The van der Waals surface area contributed by atoms with Crippen molar-refractivity contribution in [2.45, 2.75) is 45.6 Å². The van der Waals surface area contributed by atoms with Crippen molar-refractivity contribution < 1.29 is 13.9 Å². The van der Waals surface area contributed by atoms with Crippen LogP contribution in [-0.4, -0.2) is 25.7 Å². The van der Waals surface area contributed by atoms with Crippen LogP contribution in [0.2, 0.25) is 0 Å². The maximum Gasteiger partial charge on any atom is 0.152 e. The average molecular weight is 232 g/mol. The largest absolute Gasteiger partial charge is 0.393 e. The van der Waals surface area contributed by atoms with E-state index in [-0.39, 0.29) is 16.9 Å². The Hall–Kier alpha value is 0.0700. The van der Waals surface area contributed by atoms with Crippen molar-refractivity contribution in [2.75, 3.05) is 5.75 Å². The maximum atomic E-state index is 10.8. The first-order valence-electron chi connectivity index (χ1n) is 5.66. The van der Waals surface area contributed by atoms with E-state index in [2.05, 4.69) is 13.8 Å². The van der Waals surface area contributed by atoms with Crippen LogP contribution in [-0.2, 0) is 11.1 Å². The Kier molecular flexibility index (Phi) is 2.72. The zero-order valence-corrected chi connectivity index (χ0v) is 10.2. The van der Waals surface area contributed by atoms with Crippen molar-refractivity contribution in [3.05, 3.63) is 0 Å². The topological polar surface area (TPSA) is 57.5 Å². The highest BCUT2D eigenvalue weighted by molar-refractivity contribution is 7.79. The molecule has 4 atom stereocenters. The summed E-state index contributed by atoms with van der Waals surface area (Å²) >= 11 is -1.73. The molecule has 0 aromatic rings. The third-order valence-electron chi connectivity index (χ3n) is 5.11. The van der Waals surface area contributed by atoms with E-state index < -0.39 is 11.1 Å². The molecule has 2 bridgehead atoms. The predicted octanol–water partition coefficient (Wildman–Crippen LogP) is 1.79. The Labute approximate surface area is 93.5 Å². The lowest BCUT2D eigenvalue weighted by atomic mass is 9.67. The summed E-state index contributed by atoms with van der Waals surface area (Å²) in [7, 11) is 0. The smallest absolute Gasteiger partial charge is 0.152 e. The number of hydrogen-bond donors (Lipinski definition) is 2. The molecular formula is C11H20O3S. The van der Waals surface area contributed by atoms with Gasteiger partial charge in [-0.3, -0.25) is 0 Å². The van der Waals surface area contributed by atoms with E-state index in [1.807, 2.05) is 0 Å². The number of fused-ring (bicyclic) bond motifs is 2. The molecule has 2 aliphatic carbocycles. The molecule has 0 amide bonds. The van der Waals surface area contributed by atoms with Crippen LogP contribution in [0.25, 0.3) is 0 Å². The fourth-order valence-corrected chi connectivity index (χ4v) is 4.45. The Morgan fingerprint density at radius 1 is 1.47 bits per heavy atom. The van der Waals surface area contributed by atoms with Crippen molar-refractivity contribution >= 4 is 11.1 Å². The molecule has 2 aliphatic rings. The number of aliphatic hydroxyl groups is 1. The van der Waals surface area contributed by atoms with Crippen molar-refractivity contribution in [1.82, 2.24) is 0 Å². The molecule has 0 radical (unpaired) electrons. The number of hydrogen-bond acceptors (Lipinski definition) is 2. The first-order chi connectivity index (χ1) is 6.90. The summed E-state index contributed by atoms with van der Waals surface area (Å²) in [6.07, 6.45) is 3.48. The fraction of sp³-hybridized carbons (Fsp3) is 1.00. The van der Waals surface area contributed by atoms with E-state index in [4.69, 9.17) is 4.55 Å². The molecule has 4 unspecified atom stereocenters. The van der Waals surface area contributed by atoms with E-state index in [1.165, 1.54) is 6.42 Å². The minimum Gasteiger partial charge on any atom is -0.393 e. The van der Waals surface area contributed by atoms with Crippen LogP contribution in [0.5, 0.6) is 0 Å². The summed E-state index contributed by atoms with van der Waals surface area (Å²) in [4.78, 5) is 0. The first-order valence-corrected chi connectivity index (χ1v) is 6.93. The van der Waals surface area contributed by atoms with Gasteiger partial charge >= 0.3 is 0 Å². The zero-order chi connectivity index (χ0) is 11.3. The third-order valence-corrected chi connectivity index (χ3v) is 5.66. The van der Waals surface area contributed by atoms with Crippen LogP contribution in [0.4, 0.5) is 0 Å². The predicted molar refractivity (Wildman–Crippen MR) is 59.8 cm³/mol. The molecule has 2 rings (SSSR count). The lowest BCUT2D eigenvalue weighted by molar-refractivity contribution is -0.00560. The van der Waals surface area contributed by atoms with Gasteiger partial charge in [0.2, 0.25) is 0 Å². The Morgan fingerprint density at radius 2 is 2.13 bits per heavy atom. The van der Waals surface area contributed by atoms with E-state index in [0.29, 0.717) is 18.1 Å². The second-order valence-corrected chi connectivity index (χ2v) is 6.69. The van der Waals surface area contributed by atoms with Gasteiger partial charge in [0.15, 0.2) is 11.1 Å². The van der Waals surface area contributed by atoms with Crippen LogP contribution in [0.3, 0.4) is 0 Å². The average Bonchev–Trinajstić information content (AvgIpc) is 2.47. The Bertz CT molecular complexity index is 290. The fourth-order valence-electron chi connectivity index (χ4n) is 3.91. The molecule has 0 aliphatic heterocycles. The van der Waals surface area contributed by atoms with Gasteiger partial charge < -0.3 is 9.66 Å². The molecule has 2 saturated carbocycles. The lowest BCUT2D eigenvalue weighted by Crippen LogP contribution is -2.39. The summed E-state index contributed by atoms with van der Waals surface area (Å²) in [6.45, 7) is 4.42. The third kappa shape index (κ3) is 1.49. The molecule has 2 N–H and O–H groups in total. The highest BCUT2D eigenvalue weighted by Gasteiger charge is 2.63. The summed E-state index contributed by atoms with van der Waals surface area (Å²) < 4.78 is 19.7. The zero-order valence-electron chi connectivity index (χ0n) is 9.40. The van der Waals surface area contributed by atoms with Gasteiger partial charge in [0.05, 0.1) is 6.10 Å². The minimum atomic E-state index is -1.73. The molecule has 0 spiro atoms. The SMILES string of the molecule is CC1(C)C2CCC1(CCS(=O)O)C(O)C2. The quantitative estimate of drug-likeness (QED) is 0.729. The highest BCUT2D eigenvalue weighted by atomic mass is 32.2. The van der Waals surface area contributed by atoms with Crippen molar-refractivity contribution in [1.29, 1.82) is 0 Å². The highest BCUT2D eigenvalue weighted by Crippen LogP contribution is 2.67. The standard InChI is InChI=1S/C11H20O3S/c1-10(2)8-3-4-11(10,9(12)7-8)5-6-15(13)14/h8-9,12H,3-7H2,1-2H3,(H,13,14). The molecule has 0 saturated heterocycles. The lowest BCUT2D eigenvalue weighted by Gasteiger charge is -2.40. The van der Waals surface area contributed by atoms with Gasteiger partial charge in [-0.15, -0.1) is 0 Å². The van der Waals surface area contributed by atoms with Crippen molar-refractivity contribution in [3.8, 4) is 0 Å².